The fourth-order valence-corrected chi connectivity index (χ4v) is 5.78. The summed E-state index contributed by atoms with van der Waals surface area (Å²) >= 11 is 0. The van der Waals surface area contributed by atoms with Crippen LogP contribution < -0.4 is 4.72 Å². The standard InChI is InChI=1S/C32H43N5O2SSi/c1-10-13-28(36-40(38)31(2,3)4)27-16-12-15-26(35-27)23-18-19-24-21-33-37(29(24)20-23)30-17-11-14-25(34-30)22-39-41(8,9)32(5,6)7/h10-12,14-21,28,36H,1,13,22H2,2-9H3/t28-,40-/m0/s1. The minimum absolute atomic E-state index is 0.135. The van der Waals surface area contributed by atoms with Gasteiger partial charge in [-0.3, -0.25) is 4.98 Å². The van der Waals surface area contributed by atoms with Crippen molar-refractivity contribution in [1.29, 1.82) is 0 Å². The first-order chi connectivity index (χ1) is 19.2. The van der Waals surface area contributed by atoms with Gasteiger partial charge in [-0.25, -0.2) is 18.6 Å². The summed E-state index contributed by atoms with van der Waals surface area (Å²) in [6, 6.07) is 17.9. The molecule has 7 nitrogen and oxygen atoms in total. The third kappa shape index (κ3) is 7.27. The Morgan fingerprint density at radius 1 is 1.05 bits per heavy atom. The maximum atomic E-state index is 12.8. The van der Waals surface area contributed by atoms with Crippen molar-refractivity contribution in [1.82, 2.24) is 24.5 Å². The Morgan fingerprint density at radius 2 is 1.78 bits per heavy atom. The SMILES string of the molecule is C=CC[C@H](N[S@@](=O)C(C)(C)C)c1cccc(-c2ccc3cnn(-c4cccc(CO[Si](C)(C)C(C)(C)C)n4)c3c2)n1. The third-order valence-corrected chi connectivity index (χ3v) is 13.7. The largest absolute Gasteiger partial charge is 0.411 e. The van der Waals surface area contributed by atoms with Gasteiger partial charge in [0.2, 0.25) is 0 Å². The Hall–Kier alpha value is -2.98. The molecule has 0 saturated carbocycles. The van der Waals surface area contributed by atoms with Crippen molar-refractivity contribution >= 4 is 30.2 Å². The fourth-order valence-electron chi connectivity index (χ4n) is 4.00. The van der Waals surface area contributed by atoms with Gasteiger partial charge in [0.25, 0.3) is 0 Å². The molecule has 0 spiro atoms. The number of aromatic nitrogens is 4. The first-order valence-electron chi connectivity index (χ1n) is 14.0. The van der Waals surface area contributed by atoms with Crippen LogP contribution in [-0.4, -0.2) is 37.0 Å². The molecule has 218 valence electrons. The van der Waals surface area contributed by atoms with Gasteiger partial charge in [0.05, 0.1) is 57.2 Å². The maximum absolute atomic E-state index is 12.8. The zero-order valence-electron chi connectivity index (χ0n) is 25.6. The molecule has 1 aromatic carbocycles. The molecule has 9 heteroatoms. The first-order valence-corrected chi connectivity index (χ1v) is 18.1. The summed E-state index contributed by atoms with van der Waals surface area (Å²) in [4.78, 5) is 9.86. The van der Waals surface area contributed by atoms with Gasteiger partial charge in [-0.2, -0.15) is 5.10 Å². The molecule has 0 fully saturated rings. The molecule has 0 aliphatic carbocycles. The second kappa shape index (κ2) is 12.1. The highest BCUT2D eigenvalue weighted by molar-refractivity contribution is 7.84. The molecule has 2 atom stereocenters. The minimum atomic E-state index is -1.89. The number of nitrogens with zero attached hydrogens (tertiary/aromatic N) is 4. The monoisotopic (exact) mass is 589 g/mol. The van der Waals surface area contributed by atoms with E-state index >= 15 is 0 Å². The summed E-state index contributed by atoms with van der Waals surface area (Å²) < 4.78 is 24.0. The summed E-state index contributed by atoms with van der Waals surface area (Å²) in [6.07, 6.45) is 4.30. The van der Waals surface area contributed by atoms with Crippen LogP contribution in [0.3, 0.4) is 0 Å². The zero-order valence-corrected chi connectivity index (χ0v) is 27.4. The van der Waals surface area contributed by atoms with Gasteiger partial charge in [0, 0.05) is 10.9 Å². The zero-order chi connectivity index (χ0) is 30.0. The van der Waals surface area contributed by atoms with Crippen LogP contribution in [0.25, 0.3) is 28.0 Å². The second-order valence-corrected chi connectivity index (χ2v) is 19.7. The maximum Gasteiger partial charge on any atom is 0.192 e. The van der Waals surface area contributed by atoms with E-state index in [1.807, 2.05) is 74.1 Å². The number of nitrogens with one attached hydrogen (secondary N) is 1. The van der Waals surface area contributed by atoms with Crippen LogP contribution >= 0.6 is 0 Å². The van der Waals surface area contributed by atoms with Crippen molar-refractivity contribution < 1.29 is 8.63 Å². The molecule has 0 unspecified atom stereocenters. The highest BCUT2D eigenvalue weighted by Crippen LogP contribution is 2.37. The predicted octanol–water partition coefficient (Wildman–Crippen LogP) is 7.67. The van der Waals surface area contributed by atoms with E-state index in [4.69, 9.17) is 14.4 Å². The van der Waals surface area contributed by atoms with Crippen molar-refractivity contribution in [2.24, 2.45) is 0 Å². The highest BCUT2D eigenvalue weighted by atomic mass is 32.2. The Bertz CT molecular complexity index is 1550. The summed E-state index contributed by atoms with van der Waals surface area (Å²) in [5.74, 6) is 0.745. The molecule has 0 saturated heterocycles. The van der Waals surface area contributed by atoms with E-state index in [0.29, 0.717) is 13.0 Å². The van der Waals surface area contributed by atoms with Crippen LogP contribution in [0.2, 0.25) is 18.1 Å². The lowest BCUT2D eigenvalue weighted by molar-refractivity contribution is 0.272. The lowest BCUT2D eigenvalue weighted by Gasteiger charge is -2.36. The van der Waals surface area contributed by atoms with Crippen LogP contribution in [0.5, 0.6) is 0 Å². The van der Waals surface area contributed by atoms with Gasteiger partial charge >= 0.3 is 0 Å². The molecular weight excluding hydrogens is 547 g/mol. The lowest BCUT2D eigenvalue weighted by atomic mass is 10.1. The first kappa shape index (κ1) is 31.0. The van der Waals surface area contributed by atoms with E-state index < -0.39 is 19.3 Å². The molecule has 0 aliphatic heterocycles. The molecule has 41 heavy (non-hydrogen) atoms. The number of fused-ring (bicyclic) bond motifs is 1. The van der Waals surface area contributed by atoms with Crippen molar-refractivity contribution in [2.75, 3.05) is 0 Å². The molecular formula is C32H43N5O2SSi. The minimum Gasteiger partial charge on any atom is -0.411 e. The number of hydrogen-bond donors (Lipinski definition) is 1. The van der Waals surface area contributed by atoms with Crippen LogP contribution in [0.1, 0.15) is 65.4 Å². The molecule has 0 radical (unpaired) electrons. The normalized spacial score (nSPS) is 14.2. The van der Waals surface area contributed by atoms with Crippen molar-refractivity contribution in [3.8, 4) is 17.1 Å². The molecule has 4 aromatic rings. The van der Waals surface area contributed by atoms with E-state index in [1.54, 1.807) is 0 Å². The van der Waals surface area contributed by atoms with Gasteiger partial charge in [0.15, 0.2) is 14.1 Å². The van der Waals surface area contributed by atoms with Crippen LogP contribution in [-0.2, 0) is 22.0 Å². The molecule has 1 N–H and O–H groups in total. The fraction of sp³-hybridized carbons (Fsp3) is 0.406. The highest BCUT2D eigenvalue weighted by Gasteiger charge is 2.37. The lowest BCUT2D eigenvalue weighted by Crippen LogP contribution is -2.40. The molecule has 0 bridgehead atoms. The Balaban J connectivity index is 1.64. The third-order valence-electron chi connectivity index (χ3n) is 7.60. The van der Waals surface area contributed by atoms with Gasteiger partial charge in [-0.15, -0.1) is 6.58 Å². The Labute approximate surface area is 248 Å². The number of hydrogen-bond acceptors (Lipinski definition) is 5. The van der Waals surface area contributed by atoms with Gasteiger partial charge in [-0.1, -0.05) is 51.1 Å². The van der Waals surface area contributed by atoms with Crippen LogP contribution in [0.4, 0.5) is 0 Å². The van der Waals surface area contributed by atoms with E-state index in [2.05, 4.69) is 68.5 Å². The van der Waals surface area contributed by atoms with Gasteiger partial charge in [-0.05, 0) is 75.7 Å². The number of pyridine rings is 2. The summed E-state index contributed by atoms with van der Waals surface area (Å²) in [5, 5.41) is 5.81. The van der Waals surface area contributed by atoms with Crippen molar-refractivity contribution in [3.63, 3.8) is 0 Å². The second-order valence-electron chi connectivity index (χ2n) is 12.9. The van der Waals surface area contributed by atoms with Crippen LogP contribution in [0.15, 0.2) is 73.4 Å². The molecule has 3 aromatic heterocycles. The number of rotatable bonds is 10. The van der Waals surface area contributed by atoms with E-state index in [0.717, 1.165) is 39.4 Å². The average molecular weight is 590 g/mol. The molecule has 3 heterocycles. The Kier molecular flexibility index (Phi) is 9.13. The predicted molar refractivity (Wildman–Crippen MR) is 173 cm³/mol. The molecule has 0 aliphatic rings. The quantitative estimate of drug-likeness (QED) is 0.152. The summed E-state index contributed by atoms with van der Waals surface area (Å²) in [6.45, 7) is 21.5. The molecule has 0 amide bonds. The topological polar surface area (TPSA) is 81.9 Å². The van der Waals surface area contributed by atoms with Gasteiger partial charge < -0.3 is 4.43 Å². The smallest absolute Gasteiger partial charge is 0.192 e. The Morgan fingerprint density at radius 3 is 2.46 bits per heavy atom. The van der Waals surface area contributed by atoms with Crippen LogP contribution in [0, 0.1) is 0 Å². The van der Waals surface area contributed by atoms with Crippen molar-refractivity contribution in [2.45, 2.75) is 83.5 Å². The van der Waals surface area contributed by atoms with Gasteiger partial charge in [0.1, 0.15) is 0 Å². The average Bonchev–Trinajstić information content (AvgIpc) is 3.34. The van der Waals surface area contributed by atoms with E-state index in [-0.39, 0.29) is 15.8 Å². The molecule has 4 rings (SSSR count). The summed E-state index contributed by atoms with van der Waals surface area (Å²) in [5.41, 5.74) is 4.45. The number of benzene rings is 1. The van der Waals surface area contributed by atoms with Crippen molar-refractivity contribution in [3.05, 3.63) is 84.8 Å². The van der Waals surface area contributed by atoms with E-state index in [9.17, 15) is 4.21 Å². The van der Waals surface area contributed by atoms with E-state index in [1.165, 1.54) is 0 Å². The summed E-state index contributed by atoms with van der Waals surface area (Å²) in [7, 11) is -3.13.